The predicted molar refractivity (Wildman–Crippen MR) is 285 cm³/mol. The molecular weight excluding hydrogens is 984 g/mol. The molecule has 5 atom stereocenters. The smallest absolute Gasteiger partial charge is 0.318 e. The molecule has 0 unspecified atom stereocenters. The maximum absolute atomic E-state index is 14.4. The minimum absolute atomic E-state index is 0.00151. The van der Waals surface area contributed by atoms with E-state index >= 15 is 0 Å². The van der Waals surface area contributed by atoms with E-state index in [9.17, 15) is 19.5 Å². The van der Waals surface area contributed by atoms with Gasteiger partial charge in [-0.05, 0) is 74.9 Å². The summed E-state index contributed by atoms with van der Waals surface area (Å²) in [4.78, 5) is 68.4. The zero-order chi connectivity index (χ0) is 51.9. The Morgan fingerprint density at radius 2 is 1.66 bits per heavy atom. The van der Waals surface area contributed by atoms with Crippen LogP contribution in [0.25, 0.3) is 15.4 Å². The van der Waals surface area contributed by atoms with E-state index in [1.54, 1.807) is 39.8 Å². The first-order chi connectivity index (χ1) is 34.8. The Labute approximate surface area is 438 Å². The molecular formula is C53H61ClN12O5S2. The first-order valence-electron chi connectivity index (χ1n) is 24.4. The van der Waals surface area contributed by atoms with E-state index in [-0.39, 0.29) is 36.8 Å². The van der Waals surface area contributed by atoms with E-state index in [1.807, 2.05) is 85.7 Å². The number of piperazine rings is 1. The molecule has 3 aliphatic heterocycles. The Morgan fingerprint density at radius 1 is 0.945 bits per heavy atom. The second kappa shape index (κ2) is 21.1. The number of thiophene rings is 1. The average molecular weight is 1050 g/mol. The van der Waals surface area contributed by atoms with E-state index in [2.05, 4.69) is 80.5 Å². The maximum atomic E-state index is 14.4. The number of carbonyl (C=O) groups is 3. The number of thiazole rings is 1. The van der Waals surface area contributed by atoms with Crippen LogP contribution < -0.4 is 20.3 Å². The minimum Gasteiger partial charge on any atom is -0.453 e. The van der Waals surface area contributed by atoms with Crippen LogP contribution in [-0.2, 0) is 14.4 Å². The summed E-state index contributed by atoms with van der Waals surface area (Å²) in [5, 5.41) is 27.8. The molecule has 3 N–H and O–H groups in total. The van der Waals surface area contributed by atoms with E-state index < -0.39 is 42.2 Å². The normalized spacial score (nSPS) is 18.6. The summed E-state index contributed by atoms with van der Waals surface area (Å²) in [5.74, 6) is 1.03. The fourth-order valence-corrected chi connectivity index (χ4v) is 11.8. The van der Waals surface area contributed by atoms with Gasteiger partial charge in [0.05, 0.1) is 40.4 Å². The molecule has 0 radical (unpaired) electrons. The molecule has 6 aromatic rings. The number of aromatic nitrogens is 6. The number of fused-ring (bicyclic) bond motifs is 3. The number of hydrogen-bond acceptors (Lipinski definition) is 15. The van der Waals surface area contributed by atoms with Crippen molar-refractivity contribution in [3.63, 3.8) is 0 Å². The molecule has 9 rings (SSSR count). The third-order valence-electron chi connectivity index (χ3n) is 13.8. The molecule has 2 aromatic carbocycles. The predicted octanol–water partition coefficient (Wildman–Crippen LogP) is 7.50. The Bertz CT molecular complexity index is 3060. The number of anilines is 1. The number of benzene rings is 2. The number of aliphatic hydroxyl groups excluding tert-OH is 1. The molecule has 3 amide bonds. The van der Waals surface area contributed by atoms with Gasteiger partial charge in [0, 0.05) is 78.1 Å². The highest BCUT2D eigenvalue weighted by Gasteiger charge is 2.43. The number of likely N-dealkylation sites (tertiary alicyclic amines) is 1. The van der Waals surface area contributed by atoms with Crippen molar-refractivity contribution in [2.75, 3.05) is 44.2 Å². The lowest BCUT2D eigenvalue weighted by Crippen LogP contribution is -2.57. The number of nitrogens with zero attached hydrogens (tertiary/aromatic N) is 10. The van der Waals surface area contributed by atoms with Crippen molar-refractivity contribution in [1.29, 1.82) is 0 Å². The Hall–Kier alpha value is -6.54. The van der Waals surface area contributed by atoms with Crippen molar-refractivity contribution in [3.8, 4) is 21.5 Å². The van der Waals surface area contributed by atoms with E-state index in [0.717, 1.165) is 54.9 Å². The van der Waals surface area contributed by atoms with Crippen LogP contribution in [0.5, 0.6) is 6.01 Å². The topological polar surface area (TPSA) is 196 Å². The largest absolute Gasteiger partial charge is 0.453 e. The summed E-state index contributed by atoms with van der Waals surface area (Å²) in [6.45, 7) is 21.6. The zero-order valence-corrected chi connectivity index (χ0v) is 44.7. The number of aryl methyl sites for hydroxylation is 3. The number of β-amino-alcohol motifs (C(OH)–C–C–N with tert-alkyl or cyclic N) is 1. The standard InChI is InChI=1S/C53H61ClN12O5S2/c1-29-33(5)73-51-45(29)46(36-14-16-38(54)17-15-36)58-40(49-62-61-34(6)66(49)51)25-44(69)64-22-20-63(21-23-64)42-18-19-55-52(59-42)71-27-43(68)60-48(53(7,8)9)50(70)65-26-39(67)24-41(65)31(3)57-30(2)35-10-12-37(13-11-35)47-32(4)56-28-72-47/h10-19,28,30,39-41,48,57,67H,3,20-27H2,1-2,4-9H3,(H,60,68)/t30-,39+,40-,41-,48+/m0/s1. The van der Waals surface area contributed by atoms with Gasteiger partial charge in [0.15, 0.2) is 12.4 Å². The molecule has 2 fully saturated rings. The quantitative estimate of drug-likeness (QED) is 0.0974. The summed E-state index contributed by atoms with van der Waals surface area (Å²) in [6.07, 6.45) is 1.22. The van der Waals surface area contributed by atoms with Crippen molar-refractivity contribution >= 4 is 63.5 Å². The van der Waals surface area contributed by atoms with Gasteiger partial charge in [-0.1, -0.05) is 75.3 Å². The number of aliphatic imine (C=N–C) groups is 1. The van der Waals surface area contributed by atoms with Crippen LogP contribution >= 0.6 is 34.3 Å². The van der Waals surface area contributed by atoms with Crippen LogP contribution in [0, 0.1) is 33.1 Å². The van der Waals surface area contributed by atoms with Gasteiger partial charge in [0.25, 0.3) is 5.91 Å². The first-order valence-corrected chi connectivity index (χ1v) is 26.5. The van der Waals surface area contributed by atoms with Gasteiger partial charge in [0.1, 0.15) is 28.7 Å². The van der Waals surface area contributed by atoms with Gasteiger partial charge >= 0.3 is 6.01 Å². The van der Waals surface area contributed by atoms with Crippen molar-refractivity contribution in [1.82, 2.24) is 50.1 Å². The summed E-state index contributed by atoms with van der Waals surface area (Å²) < 4.78 is 7.87. The van der Waals surface area contributed by atoms with Gasteiger partial charge in [-0.15, -0.1) is 32.9 Å². The Balaban J connectivity index is 0.800. The molecule has 20 heteroatoms. The molecule has 0 saturated carbocycles. The molecule has 382 valence electrons. The molecule has 4 aromatic heterocycles. The number of nitrogens with one attached hydrogen (secondary N) is 2. The molecule has 0 spiro atoms. The van der Waals surface area contributed by atoms with Crippen LogP contribution in [0.3, 0.4) is 0 Å². The molecule has 7 heterocycles. The van der Waals surface area contributed by atoms with Crippen molar-refractivity contribution in [3.05, 3.63) is 128 Å². The van der Waals surface area contributed by atoms with Crippen LogP contribution in [0.4, 0.5) is 5.82 Å². The summed E-state index contributed by atoms with van der Waals surface area (Å²) >= 11 is 9.57. The van der Waals surface area contributed by atoms with Crippen molar-refractivity contribution in [2.24, 2.45) is 10.4 Å². The molecule has 17 nitrogen and oxygen atoms in total. The second-order valence-electron chi connectivity index (χ2n) is 20.0. The van der Waals surface area contributed by atoms with Crippen LogP contribution in [0.2, 0.25) is 5.02 Å². The third kappa shape index (κ3) is 10.9. The zero-order valence-electron chi connectivity index (χ0n) is 42.3. The number of rotatable bonds is 14. The molecule has 3 aliphatic rings. The average Bonchev–Trinajstić information content (AvgIpc) is 4.14. The van der Waals surface area contributed by atoms with Crippen LogP contribution in [0.15, 0.2) is 83.6 Å². The molecule has 0 bridgehead atoms. The van der Waals surface area contributed by atoms with Crippen molar-refractivity contribution in [2.45, 2.75) is 98.5 Å². The van der Waals surface area contributed by atoms with E-state index in [1.165, 1.54) is 4.88 Å². The lowest BCUT2D eigenvalue weighted by atomic mass is 9.85. The van der Waals surface area contributed by atoms with Gasteiger partial charge < -0.3 is 35.2 Å². The first kappa shape index (κ1) is 51.4. The number of hydrogen-bond donors (Lipinski definition) is 3. The lowest BCUT2D eigenvalue weighted by molar-refractivity contribution is -0.140. The van der Waals surface area contributed by atoms with Crippen LogP contribution in [-0.4, -0.2) is 126 Å². The number of aliphatic hydroxyl groups is 1. The summed E-state index contributed by atoms with van der Waals surface area (Å²) in [7, 11) is 0. The lowest BCUT2D eigenvalue weighted by Gasteiger charge is -2.36. The number of halogens is 1. The van der Waals surface area contributed by atoms with Gasteiger partial charge in [-0.3, -0.25) is 23.9 Å². The highest BCUT2D eigenvalue weighted by atomic mass is 35.5. The second-order valence-corrected chi connectivity index (χ2v) is 22.5. The van der Waals surface area contributed by atoms with Gasteiger partial charge in [-0.2, -0.15) is 4.98 Å². The van der Waals surface area contributed by atoms with E-state index in [4.69, 9.17) is 21.3 Å². The fourth-order valence-electron chi connectivity index (χ4n) is 9.68. The highest BCUT2D eigenvalue weighted by Crippen LogP contribution is 2.40. The van der Waals surface area contributed by atoms with Gasteiger partial charge in [-0.25, -0.2) is 9.97 Å². The third-order valence-corrected chi connectivity index (χ3v) is 16.3. The Morgan fingerprint density at radius 3 is 2.34 bits per heavy atom. The number of carbonyl (C=O) groups excluding carboxylic acids is 3. The van der Waals surface area contributed by atoms with E-state index in [0.29, 0.717) is 55.0 Å². The molecule has 73 heavy (non-hydrogen) atoms. The monoisotopic (exact) mass is 1040 g/mol. The van der Waals surface area contributed by atoms with Crippen molar-refractivity contribution < 1.29 is 24.2 Å². The highest BCUT2D eigenvalue weighted by molar-refractivity contribution is 7.15. The number of ether oxygens (including phenoxy) is 1. The number of amides is 3. The summed E-state index contributed by atoms with van der Waals surface area (Å²) in [6, 6.07) is 15.5. The molecule has 0 aliphatic carbocycles. The minimum atomic E-state index is -0.944. The van der Waals surface area contributed by atoms with Gasteiger partial charge in [0.2, 0.25) is 11.8 Å². The Kier molecular flexibility index (Phi) is 14.9. The molecule has 2 saturated heterocycles. The summed E-state index contributed by atoms with van der Waals surface area (Å²) in [5.41, 5.74) is 8.71. The SMILES string of the molecule is C=C(N[C@@H](C)c1ccc(-c2scnc2C)cc1)[C@@H]1C[C@@H](O)CN1C(=O)[C@@H](NC(=O)COc1nccc(N2CCN(C(=O)C[C@@H]3N=C(c4ccc(Cl)cc4)c4c(sc(C)c4C)-n4c(C)nnc43)CC2)n1)C(C)(C)C. The fraction of sp³-hybridized carbons (Fsp3) is 0.415. The maximum Gasteiger partial charge on any atom is 0.318 e. The van der Waals surface area contributed by atoms with Crippen LogP contribution in [0.1, 0.15) is 97.1 Å².